The van der Waals surface area contributed by atoms with Gasteiger partial charge >= 0.3 is 5.97 Å². The van der Waals surface area contributed by atoms with Gasteiger partial charge in [0.2, 0.25) is 0 Å². The van der Waals surface area contributed by atoms with Crippen molar-refractivity contribution in [3.63, 3.8) is 0 Å². The lowest BCUT2D eigenvalue weighted by Crippen LogP contribution is -2.14. The van der Waals surface area contributed by atoms with Gasteiger partial charge in [-0.05, 0) is 37.8 Å². The Morgan fingerprint density at radius 3 is 2.68 bits per heavy atom. The second kappa shape index (κ2) is 6.28. The third kappa shape index (κ3) is 3.62. The van der Waals surface area contributed by atoms with Crippen LogP contribution in [-0.4, -0.2) is 24.3 Å². The van der Waals surface area contributed by atoms with Gasteiger partial charge in [-0.3, -0.25) is 4.79 Å². The van der Waals surface area contributed by atoms with Gasteiger partial charge in [-0.2, -0.15) is 0 Å². The normalized spacial score (nSPS) is 15.5. The number of hydrogen-bond donors (Lipinski definition) is 1. The highest BCUT2D eigenvalue weighted by Crippen LogP contribution is 2.37. The zero-order chi connectivity index (χ0) is 13.8. The molecule has 1 fully saturated rings. The van der Waals surface area contributed by atoms with Crippen molar-refractivity contribution in [1.29, 1.82) is 0 Å². The van der Waals surface area contributed by atoms with E-state index in [-0.39, 0.29) is 12.5 Å². The van der Waals surface area contributed by atoms with Crippen LogP contribution < -0.4 is 9.47 Å². The van der Waals surface area contributed by atoms with E-state index in [1.807, 2.05) is 0 Å². The van der Waals surface area contributed by atoms with Crippen molar-refractivity contribution in [2.75, 3.05) is 7.11 Å². The van der Waals surface area contributed by atoms with E-state index in [4.69, 9.17) is 14.6 Å². The smallest absolute Gasteiger partial charge is 0.307 e. The van der Waals surface area contributed by atoms with Crippen LogP contribution in [0.4, 0.5) is 0 Å². The lowest BCUT2D eigenvalue weighted by Gasteiger charge is -2.19. The number of hydrogen-bond acceptors (Lipinski definition) is 3. The average molecular weight is 329 g/mol. The number of ether oxygens (including phenoxy) is 2. The molecule has 0 radical (unpaired) electrons. The average Bonchev–Trinajstić information content (AvgIpc) is 2.84. The van der Waals surface area contributed by atoms with Gasteiger partial charge in [-0.1, -0.05) is 15.9 Å². The van der Waals surface area contributed by atoms with Crippen LogP contribution in [0.5, 0.6) is 11.5 Å². The van der Waals surface area contributed by atoms with E-state index in [0.29, 0.717) is 17.1 Å². The minimum absolute atomic E-state index is 0.0716. The molecule has 0 bridgehead atoms. The van der Waals surface area contributed by atoms with Crippen LogP contribution in [0, 0.1) is 0 Å². The Labute approximate surface area is 120 Å². The molecule has 0 saturated heterocycles. The molecule has 0 heterocycles. The molecular formula is C14H17BrO4. The Bertz CT molecular complexity index is 467. The van der Waals surface area contributed by atoms with Gasteiger partial charge in [0.1, 0.15) is 0 Å². The van der Waals surface area contributed by atoms with Crippen LogP contribution >= 0.6 is 15.9 Å². The fraction of sp³-hybridized carbons (Fsp3) is 0.500. The summed E-state index contributed by atoms with van der Waals surface area (Å²) in [6.07, 6.45) is 4.47. The number of carboxylic acids is 1. The second-order valence-electron chi connectivity index (χ2n) is 4.69. The molecule has 0 unspecified atom stereocenters. The van der Waals surface area contributed by atoms with E-state index in [1.165, 1.54) is 0 Å². The highest BCUT2D eigenvalue weighted by atomic mass is 79.9. The SMILES string of the molecule is COc1cc(Br)cc(CC(=O)O)c1OC1CCCC1. The first-order chi connectivity index (χ1) is 9.10. The van der Waals surface area contributed by atoms with Crippen LogP contribution in [0.15, 0.2) is 16.6 Å². The van der Waals surface area contributed by atoms with Crippen molar-refractivity contribution < 1.29 is 19.4 Å². The lowest BCUT2D eigenvalue weighted by atomic mass is 10.1. The summed E-state index contributed by atoms with van der Waals surface area (Å²) < 4.78 is 12.1. The summed E-state index contributed by atoms with van der Waals surface area (Å²) in [7, 11) is 1.56. The summed E-state index contributed by atoms with van der Waals surface area (Å²) in [6, 6.07) is 3.58. The molecule has 0 amide bonds. The summed E-state index contributed by atoms with van der Waals surface area (Å²) >= 11 is 3.36. The van der Waals surface area contributed by atoms with E-state index in [9.17, 15) is 4.79 Å². The van der Waals surface area contributed by atoms with Crippen LogP contribution in [0.25, 0.3) is 0 Å². The van der Waals surface area contributed by atoms with Crippen molar-refractivity contribution in [2.24, 2.45) is 0 Å². The van der Waals surface area contributed by atoms with E-state index in [2.05, 4.69) is 15.9 Å². The van der Waals surface area contributed by atoms with Crippen molar-refractivity contribution >= 4 is 21.9 Å². The molecule has 1 aromatic rings. The van der Waals surface area contributed by atoms with Crippen LogP contribution in [-0.2, 0) is 11.2 Å². The quantitative estimate of drug-likeness (QED) is 0.899. The van der Waals surface area contributed by atoms with Gasteiger partial charge in [-0.25, -0.2) is 0 Å². The molecule has 1 aliphatic rings. The number of benzene rings is 1. The molecule has 0 aromatic heterocycles. The van der Waals surface area contributed by atoms with Gasteiger partial charge in [0.05, 0.1) is 19.6 Å². The number of rotatable bonds is 5. The zero-order valence-electron chi connectivity index (χ0n) is 10.8. The van der Waals surface area contributed by atoms with Crippen molar-refractivity contribution in [1.82, 2.24) is 0 Å². The van der Waals surface area contributed by atoms with Crippen LogP contribution in [0.2, 0.25) is 0 Å². The Morgan fingerprint density at radius 1 is 1.42 bits per heavy atom. The molecular weight excluding hydrogens is 312 g/mol. The molecule has 0 atom stereocenters. The molecule has 2 rings (SSSR count). The first kappa shape index (κ1) is 14.2. The fourth-order valence-corrected chi connectivity index (χ4v) is 2.86. The molecule has 0 spiro atoms. The highest BCUT2D eigenvalue weighted by molar-refractivity contribution is 9.10. The van der Waals surface area contributed by atoms with Crippen molar-refractivity contribution in [3.8, 4) is 11.5 Å². The Morgan fingerprint density at radius 2 is 2.11 bits per heavy atom. The number of aliphatic carboxylic acids is 1. The predicted octanol–water partition coefficient (Wildman–Crippen LogP) is 3.41. The van der Waals surface area contributed by atoms with Gasteiger partial charge in [0, 0.05) is 10.0 Å². The first-order valence-corrected chi connectivity index (χ1v) is 7.14. The number of methoxy groups -OCH3 is 1. The Kier molecular flexibility index (Phi) is 4.69. The van der Waals surface area contributed by atoms with Crippen molar-refractivity contribution in [2.45, 2.75) is 38.2 Å². The first-order valence-electron chi connectivity index (χ1n) is 6.35. The maximum atomic E-state index is 11.0. The minimum atomic E-state index is -0.878. The Hall–Kier alpha value is -1.23. The summed E-state index contributed by atoms with van der Waals surface area (Å²) in [4.78, 5) is 11.0. The molecule has 0 aliphatic heterocycles. The van der Waals surface area contributed by atoms with E-state index >= 15 is 0 Å². The van der Waals surface area contributed by atoms with E-state index < -0.39 is 5.97 Å². The summed E-state index contributed by atoms with van der Waals surface area (Å²) in [5, 5.41) is 9.00. The molecule has 1 saturated carbocycles. The third-order valence-electron chi connectivity index (χ3n) is 3.24. The highest BCUT2D eigenvalue weighted by Gasteiger charge is 2.22. The van der Waals surface area contributed by atoms with Gasteiger partial charge in [0.25, 0.3) is 0 Å². The number of halogens is 1. The third-order valence-corrected chi connectivity index (χ3v) is 3.70. The Balaban J connectivity index is 2.32. The van der Waals surface area contributed by atoms with E-state index in [0.717, 1.165) is 30.2 Å². The van der Waals surface area contributed by atoms with Crippen molar-refractivity contribution in [3.05, 3.63) is 22.2 Å². The molecule has 1 aliphatic carbocycles. The summed E-state index contributed by atoms with van der Waals surface area (Å²) in [5.74, 6) is 0.272. The maximum Gasteiger partial charge on any atom is 0.307 e. The number of carboxylic acid groups (broad SMARTS) is 1. The van der Waals surface area contributed by atoms with Crippen LogP contribution in [0.1, 0.15) is 31.2 Å². The van der Waals surface area contributed by atoms with E-state index in [1.54, 1.807) is 19.2 Å². The van der Waals surface area contributed by atoms with Gasteiger partial charge in [-0.15, -0.1) is 0 Å². The monoisotopic (exact) mass is 328 g/mol. The molecule has 19 heavy (non-hydrogen) atoms. The largest absolute Gasteiger partial charge is 0.493 e. The van der Waals surface area contributed by atoms with Gasteiger partial charge in [0.15, 0.2) is 11.5 Å². The molecule has 4 nitrogen and oxygen atoms in total. The molecule has 104 valence electrons. The minimum Gasteiger partial charge on any atom is -0.493 e. The zero-order valence-corrected chi connectivity index (χ0v) is 12.4. The number of carbonyl (C=O) groups is 1. The molecule has 5 heteroatoms. The van der Waals surface area contributed by atoms with Crippen LogP contribution in [0.3, 0.4) is 0 Å². The molecule has 1 N–H and O–H groups in total. The lowest BCUT2D eigenvalue weighted by molar-refractivity contribution is -0.136. The fourth-order valence-electron chi connectivity index (χ4n) is 2.38. The standard InChI is InChI=1S/C14H17BrO4/c1-18-12-8-10(15)6-9(7-13(16)17)14(12)19-11-4-2-3-5-11/h6,8,11H,2-5,7H2,1H3,(H,16,17). The summed E-state index contributed by atoms with van der Waals surface area (Å²) in [6.45, 7) is 0. The maximum absolute atomic E-state index is 11.0. The topological polar surface area (TPSA) is 55.8 Å². The summed E-state index contributed by atoms with van der Waals surface area (Å²) in [5.41, 5.74) is 0.644. The van der Waals surface area contributed by atoms with Gasteiger partial charge < -0.3 is 14.6 Å². The predicted molar refractivity (Wildman–Crippen MR) is 74.9 cm³/mol. The molecule has 1 aromatic carbocycles. The second-order valence-corrected chi connectivity index (χ2v) is 5.61.